The van der Waals surface area contributed by atoms with Gasteiger partial charge in [0.25, 0.3) is 0 Å². The van der Waals surface area contributed by atoms with Gasteiger partial charge in [-0.15, -0.1) is 0 Å². The molecular formula is C9H12O6. The molecule has 0 spiro atoms. The van der Waals surface area contributed by atoms with Crippen LogP contribution in [-0.2, 0) is 14.4 Å². The van der Waals surface area contributed by atoms with Crippen molar-refractivity contribution >= 4 is 17.7 Å². The SMILES string of the molecule is C=CC(=O)CC(O)C(=O)O.C=CC(=O)O. The first kappa shape index (κ1) is 15.5. The Kier molecular flexibility index (Phi) is 8.94. The fourth-order valence-corrected chi connectivity index (χ4v) is 0.361. The molecule has 0 heterocycles. The normalized spacial score (nSPS) is 10.2. The zero-order valence-corrected chi connectivity index (χ0v) is 7.92. The monoisotopic (exact) mass is 216 g/mol. The number of carboxylic acids is 2. The van der Waals surface area contributed by atoms with E-state index in [4.69, 9.17) is 15.3 Å². The summed E-state index contributed by atoms with van der Waals surface area (Å²) in [5, 5.41) is 24.3. The van der Waals surface area contributed by atoms with Crippen molar-refractivity contribution in [3.05, 3.63) is 25.3 Å². The summed E-state index contributed by atoms with van der Waals surface area (Å²) in [6.07, 6.45) is -0.198. The van der Waals surface area contributed by atoms with Crippen molar-refractivity contribution in [3.63, 3.8) is 0 Å². The van der Waals surface area contributed by atoms with E-state index in [1.807, 2.05) is 0 Å². The van der Waals surface area contributed by atoms with Gasteiger partial charge in [0, 0.05) is 12.5 Å². The number of hydrogen-bond donors (Lipinski definition) is 3. The molecule has 6 nitrogen and oxygen atoms in total. The van der Waals surface area contributed by atoms with Crippen LogP contribution in [-0.4, -0.2) is 39.1 Å². The van der Waals surface area contributed by atoms with Crippen LogP contribution < -0.4 is 0 Å². The van der Waals surface area contributed by atoms with E-state index in [0.717, 1.165) is 12.2 Å². The van der Waals surface area contributed by atoms with E-state index in [1.54, 1.807) is 0 Å². The molecule has 0 amide bonds. The van der Waals surface area contributed by atoms with Crippen molar-refractivity contribution in [2.45, 2.75) is 12.5 Å². The summed E-state index contributed by atoms with van der Waals surface area (Å²) in [6.45, 7) is 6.08. The molecule has 0 radical (unpaired) electrons. The lowest BCUT2D eigenvalue weighted by molar-refractivity contribution is -0.148. The van der Waals surface area contributed by atoms with Gasteiger partial charge < -0.3 is 15.3 Å². The van der Waals surface area contributed by atoms with Crippen LogP contribution in [0.4, 0.5) is 0 Å². The van der Waals surface area contributed by atoms with Crippen LogP contribution in [0.3, 0.4) is 0 Å². The summed E-state index contributed by atoms with van der Waals surface area (Å²) in [5.41, 5.74) is 0. The van der Waals surface area contributed by atoms with E-state index in [-0.39, 0.29) is 0 Å². The topological polar surface area (TPSA) is 112 Å². The maximum Gasteiger partial charge on any atom is 0.332 e. The number of carboxylic acid groups (broad SMARTS) is 2. The van der Waals surface area contributed by atoms with Crippen molar-refractivity contribution in [3.8, 4) is 0 Å². The minimum atomic E-state index is -1.61. The van der Waals surface area contributed by atoms with Gasteiger partial charge in [0.15, 0.2) is 11.9 Å². The number of aliphatic carboxylic acids is 2. The van der Waals surface area contributed by atoms with E-state index in [1.165, 1.54) is 0 Å². The molecule has 15 heavy (non-hydrogen) atoms. The number of allylic oxidation sites excluding steroid dienone is 1. The minimum absolute atomic E-state index is 0.404. The second-order valence-electron chi connectivity index (χ2n) is 2.27. The third-order valence-electron chi connectivity index (χ3n) is 1.08. The quantitative estimate of drug-likeness (QED) is 0.550. The Morgan fingerprint density at radius 3 is 1.73 bits per heavy atom. The highest BCUT2D eigenvalue weighted by Crippen LogP contribution is 1.92. The van der Waals surface area contributed by atoms with Gasteiger partial charge >= 0.3 is 11.9 Å². The smallest absolute Gasteiger partial charge is 0.332 e. The van der Waals surface area contributed by atoms with E-state index >= 15 is 0 Å². The maximum absolute atomic E-state index is 10.4. The number of aliphatic hydroxyl groups is 1. The highest BCUT2D eigenvalue weighted by Gasteiger charge is 2.15. The van der Waals surface area contributed by atoms with Crippen LogP contribution in [0.1, 0.15) is 6.42 Å². The van der Waals surface area contributed by atoms with Crippen LogP contribution in [0.2, 0.25) is 0 Å². The average molecular weight is 216 g/mol. The Labute approximate surface area is 86.2 Å². The highest BCUT2D eigenvalue weighted by atomic mass is 16.4. The molecule has 0 saturated carbocycles. The zero-order chi connectivity index (χ0) is 12.4. The number of carbonyl (C=O) groups excluding carboxylic acids is 1. The Bertz CT molecular complexity index is 268. The molecule has 6 heteroatoms. The molecule has 0 aromatic rings. The Balaban J connectivity index is 0. The molecule has 0 aliphatic rings. The van der Waals surface area contributed by atoms with Gasteiger partial charge in [-0.3, -0.25) is 4.79 Å². The van der Waals surface area contributed by atoms with Crippen LogP contribution in [0.25, 0.3) is 0 Å². The highest BCUT2D eigenvalue weighted by molar-refractivity contribution is 5.92. The summed E-state index contributed by atoms with van der Waals surface area (Å²) in [6, 6.07) is 0. The maximum atomic E-state index is 10.4. The number of aliphatic hydroxyl groups excluding tert-OH is 1. The number of hydrogen-bond acceptors (Lipinski definition) is 4. The van der Waals surface area contributed by atoms with Gasteiger partial charge in [-0.1, -0.05) is 13.2 Å². The zero-order valence-electron chi connectivity index (χ0n) is 7.92. The third kappa shape index (κ3) is 12.1. The molecule has 0 aromatic carbocycles. The summed E-state index contributed by atoms with van der Waals surface area (Å²) >= 11 is 0. The molecule has 1 unspecified atom stereocenters. The van der Waals surface area contributed by atoms with Crippen LogP contribution in [0, 0.1) is 0 Å². The van der Waals surface area contributed by atoms with Gasteiger partial charge in [-0.25, -0.2) is 9.59 Å². The van der Waals surface area contributed by atoms with Crippen LogP contribution in [0.5, 0.6) is 0 Å². The predicted molar refractivity (Wildman–Crippen MR) is 51.3 cm³/mol. The fraction of sp³-hybridized carbons (Fsp3) is 0.222. The second kappa shape index (κ2) is 8.64. The number of ketones is 1. The lowest BCUT2D eigenvalue weighted by Gasteiger charge is -1.99. The molecule has 0 aliphatic heterocycles. The second-order valence-corrected chi connectivity index (χ2v) is 2.27. The molecule has 0 bridgehead atoms. The Morgan fingerprint density at radius 1 is 1.13 bits per heavy atom. The lowest BCUT2D eigenvalue weighted by Crippen LogP contribution is -2.22. The van der Waals surface area contributed by atoms with Gasteiger partial charge in [-0.2, -0.15) is 0 Å². The van der Waals surface area contributed by atoms with Crippen LogP contribution in [0.15, 0.2) is 25.3 Å². The molecular weight excluding hydrogens is 204 g/mol. The fourth-order valence-electron chi connectivity index (χ4n) is 0.361. The predicted octanol–water partition coefficient (Wildman–Crippen LogP) is -0.166. The van der Waals surface area contributed by atoms with E-state index in [2.05, 4.69) is 13.2 Å². The first-order valence-electron chi connectivity index (χ1n) is 3.76. The Morgan fingerprint density at radius 2 is 1.53 bits per heavy atom. The third-order valence-corrected chi connectivity index (χ3v) is 1.08. The van der Waals surface area contributed by atoms with Crippen molar-refractivity contribution in [2.24, 2.45) is 0 Å². The molecule has 0 aliphatic carbocycles. The van der Waals surface area contributed by atoms with E-state index in [0.29, 0.717) is 0 Å². The first-order valence-corrected chi connectivity index (χ1v) is 3.76. The summed E-state index contributed by atoms with van der Waals surface area (Å²) in [5.74, 6) is -2.85. The minimum Gasteiger partial charge on any atom is -0.479 e. The van der Waals surface area contributed by atoms with E-state index < -0.39 is 30.2 Å². The molecule has 84 valence electrons. The van der Waals surface area contributed by atoms with Crippen LogP contribution >= 0.6 is 0 Å². The van der Waals surface area contributed by atoms with Gasteiger partial charge in [0.2, 0.25) is 0 Å². The standard InChI is InChI=1S/C6H8O4.C3H4O2/c1-2-4(7)3-5(8)6(9)10;1-2-3(4)5/h2,5,8H,1,3H2,(H,9,10);2H,1H2,(H,4,5). The van der Waals surface area contributed by atoms with E-state index in [9.17, 15) is 14.4 Å². The van der Waals surface area contributed by atoms with Crippen molar-refractivity contribution < 1.29 is 29.7 Å². The summed E-state index contributed by atoms with van der Waals surface area (Å²) < 4.78 is 0. The van der Waals surface area contributed by atoms with Gasteiger partial charge in [0.1, 0.15) is 0 Å². The molecule has 0 fully saturated rings. The van der Waals surface area contributed by atoms with Crippen molar-refractivity contribution in [1.82, 2.24) is 0 Å². The summed E-state index contributed by atoms with van der Waals surface area (Å²) in [7, 11) is 0. The lowest BCUT2D eigenvalue weighted by atomic mass is 10.2. The molecule has 0 saturated heterocycles. The Hall–Kier alpha value is -1.95. The number of carbonyl (C=O) groups is 3. The summed E-state index contributed by atoms with van der Waals surface area (Å²) in [4.78, 5) is 29.5. The molecule has 3 N–H and O–H groups in total. The van der Waals surface area contributed by atoms with Crippen molar-refractivity contribution in [1.29, 1.82) is 0 Å². The van der Waals surface area contributed by atoms with Gasteiger partial charge in [0.05, 0.1) is 0 Å². The van der Waals surface area contributed by atoms with Crippen molar-refractivity contribution in [2.75, 3.05) is 0 Å². The molecule has 0 rings (SSSR count). The average Bonchev–Trinajstić information content (AvgIpc) is 2.18. The first-order chi connectivity index (χ1) is 6.84. The molecule has 0 aromatic heterocycles. The largest absolute Gasteiger partial charge is 0.479 e. The van der Waals surface area contributed by atoms with Gasteiger partial charge in [-0.05, 0) is 6.08 Å². The molecule has 1 atom stereocenters. The number of rotatable bonds is 5.